The van der Waals surface area contributed by atoms with Crippen LogP contribution in [0.3, 0.4) is 0 Å². The standard InChI is InChI=1S/C20H28N4O3S/c1-4-5-13-21-18-12-11-17(28(26,27)24(2)3)14-19(18)22-15-20(25)23-16-9-7-6-8-10-16/h6-12,14,21-22H,4-5,13,15H2,1-3H3,(H,23,25). The Labute approximate surface area is 167 Å². The van der Waals surface area contributed by atoms with Gasteiger partial charge in [0.25, 0.3) is 0 Å². The van der Waals surface area contributed by atoms with Gasteiger partial charge in [-0.3, -0.25) is 4.79 Å². The number of amides is 1. The van der Waals surface area contributed by atoms with Gasteiger partial charge in [-0.1, -0.05) is 31.5 Å². The summed E-state index contributed by atoms with van der Waals surface area (Å²) in [5.41, 5.74) is 2.04. The van der Waals surface area contributed by atoms with Gasteiger partial charge in [-0.05, 0) is 36.8 Å². The van der Waals surface area contributed by atoms with Crippen LogP contribution < -0.4 is 16.0 Å². The summed E-state index contributed by atoms with van der Waals surface area (Å²) in [6, 6.07) is 14.0. The van der Waals surface area contributed by atoms with Gasteiger partial charge in [-0.25, -0.2) is 12.7 Å². The third-order valence-corrected chi connectivity index (χ3v) is 5.92. The fraction of sp³-hybridized carbons (Fsp3) is 0.350. The molecule has 0 saturated heterocycles. The summed E-state index contributed by atoms with van der Waals surface area (Å²) in [5.74, 6) is -0.216. The smallest absolute Gasteiger partial charge is 0.243 e. The Hall–Kier alpha value is -2.58. The molecule has 1 amide bonds. The number of carbonyl (C=O) groups is 1. The number of rotatable bonds is 10. The van der Waals surface area contributed by atoms with E-state index in [1.807, 2.05) is 18.2 Å². The highest BCUT2D eigenvalue weighted by atomic mass is 32.2. The lowest BCUT2D eigenvalue weighted by Crippen LogP contribution is -2.24. The first-order chi connectivity index (χ1) is 13.3. The maximum Gasteiger partial charge on any atom is 0.243 e. The molecule has 0 atom stereocenters. The number of carbonyl (C=O) groups excluding carboxylic acids is 1. The van der Waals surface area contributed by atoms with Gasteiger partial charge in [0.05, 0.1) is 22.8 Å². The molecular formula is C20H28N4O3S. The first-order valence-electron chi connectivity index (χ1n) is 9.24. The molecule has 8 heteroatoms. The zero-order valence-electron chi connectivity index (χ0n) is 16.5. The Kier molecular flexibility index (Phi) is 7.83. The van der Waals surface area contributed by atoms with Crippen LogP contribution in [-0.2, 0) is 14.8 Å². The van der Waals surface area contributed by atoms with E-state index in [0.717, 1.165) is 25.1 Å². The molecule has 0 radical (unpaired) electrons. The second-order valence-electron chi connectivity index (χ2n) is 6.54. The van der Waals surface area contributed by atoms with Gasteiger partial charge < -0.3 is 16.0 Å². The number of benzene rings is 2. The van der Waals surface area contributed by atoms with Gasteiger partial charge in [-0.2, -0.15) is 0 Å². The average Bonchev–Trinajstić information content (AvgIpc) is 2.67. The van der Waals surface area contributed by atoms with E-state index >= 15 is 0 Å². The number of hydrogen-bond donors (Lipinski definition) is 3. The van der Waals surface area contributed by atoms with Gasteiger partial charge in [0.1, 0.15) is 0 Å². The predicted molar refractivity (Wildman–Crippen MR) is 114 cm³/mol. The van der Waals surface area contributed by atoms with Crippen molar-refractivity contribution < 1.29 is 13.2 Å². The molecule has 28 heavy (non-hydrogen) atoms. The molecule has 0 heterocycles. The van der Waals surface area contributed by atoms with Crippen molar-refractivity contribution in [3.05, 3.63) is 48.5 Å². The zero-order valence-corrected chi connectivity index (χ0v) is 17.3. The molecule has 0 bridgehead atoms. The number of para-hydroxylation sites is 1. The van der Waals surface area contributed by atoms with Crippen molar-refractivity contribution in [2.45, 2.75) is 24.7 Å². The quantitative estimate of drug-likeness (QED) is 0.529. The van der Waals surface area contributed by atoms with Crippen LogP contribution in [0.5, 0.6) is 0 Å². The molecule has 3 N–H and O–H groups in total. The molecule has 0 spiro atoms. The third kappa shape index (κ3) is 5.97. The van der Waals surface area contributed by atoms with Gasteiger partial charge >= 0.3 is 0 Å². The third-order valence-electron chi connectivity index (χ3n) is 4.11. The Morgan fingerprint density at radius 2 is 1.71 bits per heavy atom. The van der Waals surface area contributed by atoms with E-state index in [0.29, 0.717) is 11.4 Å². The lowest BCUT2D eigenvalue weighted by atomic mass is 10.2. The second-order valence-corrected chi connectivity index (χ2v) is 8.69. The lowest BCUT2D eigenvalue weighted by Gasteiger charge is -2.17. The molecule has 2 aromatic rings. The van der Waals surface area contributed by atoms with Gasteiger partial charge in [0, 0.05) is 26.3 Å². The van der Waals surface area contributed by atoms with E-state index in [9.17, 15) is 13.2 Å². The predicted octanol–water partition coefficient (Wildman–Crippen LogP) is 3.20. The van der Waals surface area contributed by atoms with Crippen molar-refractivity contribution in [1.29, 1.82) is 0 Å². The lowest BCUT2D eigenvalue weighted by molar-refractivity contribution is -0.114. The number of sulfonamides is 1. The molecule has 2 aromatic carbocycles. The molecule has 2 rings (SSSR count). The zero-order chi connectivity index (χ0) is 20.6. The van der Waals surface area contributed by atoms with Crippen LogP contribution in [0.15, 0.2) is 53.4 Å². The Bertz CT molecular complexity index is 884. The van der Waals surface area contributed by atoms with Crippen molar-refractivity contribution in [3.63, 3.8) is 0 Å². The topological polar surface area (TPSA) is 90.5 Å². The van der Waals surface area contributed by atoms with Crippen molar-refractivity contribution in [2.24, 2.45) is 0 Å². The van der Waals surface area contributed by atoms with Crippen LogP contribution in [0, 0.1) is 0 Å². The Morgan fingerprint density at radius 3 is 2.36 bits per heavy atom. The number of nitrogens with zero attached hydrogens (tertiary/aromatic N) is 1. The van der Waals surface area contributed by atoms with Crippen LogP contribution >= 0.6 is 0 Å². The summed E-state index contributed by atoms with van der Waals surface area (Å²) in [6.07, 6.45) is 2.04. The van der Waals surface area contributed by atoms with Crippen LogP contribution in [-0.4, -0.2) is 45.8 Å². The fourth-order valence-electron chi connectivity index (χ4n) is 2.50. The first-order valence-corrected chi connectivity index (χ1v) is 10.7. The highest BCUT2D eigenvalue weighted by Gasteiger charge is 2.19. The largest absolute Gasteiger partial charge is 0.383 e. The molecule has 0 aromatic heterocycles. The molecule has 0 unspecified atom stereocenters. The number of unbranched alkanes of at least 4 members (excludes halogenated alkanes) is 1. The fourth-order valence-corrected chi connectivity index (χ4v) is 3.43. The molecule has 0 aliphatic carbocycles. The summed E-state index contributed by atoms with van der Waals surface area (Å²) in [4.78, 5) is 12.4. The van der Waals surface area contributed by atoms with Gasteiger partial charge in [0.2, 0.25) is 15.9 Å². The van der Waals surface area contributed by atoms with E-state index in [-0.39, 0.29) is 17.3 Å². The molecule has 152 valence electrons. The highest BCUT2D eigenvalue weighted by Crippen LogP contribution is 2.26. The van der Waals surface area contributed by atoms with Crippen molar-refractivity contribution >= 4 is 33.0 Å². The molecule has 0 aliphatic heterocycles. The minimum Gasteiger partial charge on any atom is -0.383 e. The monoisotopic (exact) mass is 404 g/mol. The summed E-state index contributed by atoms with van der Waals surface area (Å²) in [7, 11) is -0.585. The van der Waals surface area contributed by atoms with Crippen LogP contribution in [0.2, 0.25) is 0 Å². The van der Waals surface area contributed by atoms with Crippen LogP contribution in [0.25, 0.3) is 0 Å². The van der Waals surface area contributed by atoms with E-state index in [1.54, 1.807) is 30.3 Å². The van der Waals surface area contributed by atoms with E-state index in [2.05, 4.69) is 22.9 Å². The van der Waals surface area contributed by atoms with Crippen molar-refractivity contribution in [2.75, 3.05) is 43.1 Å². The highest BCUT2D eigenvalue weighted by molar-refractivity contribution is 7.89. The summed E-state index contributed by atoms with van der Waals surface area (Å²) in [5, 5.41) is 9.15. The summed E-state index contributed by atoms with van der Waals surface area (Å²) < 4.78 is 26.0. The first kappa shape index (κ1) is 21.7. The number of hydrogen-bond acceptors (Lipinski definition) is 5. The number of nitrogens with one attached hydrogen (secondary N) is 3. The minimum atomic E-state index is -3.56. The van der Waals surface area contributed by atoms with Crippen LogP contribution in [0.4, 0.5) is 17.1 Å². The molecule has 0 aliphatic rings. The van der Waals surface area contributed by atoms with Crippen molar-refractivity contribution in [1.82, 2.24) is 4.31 Å². The molecule has 0 fully saturated rings. The minimum absolute atomic E-state index is 0.0167. The normalized spacial score (nSPS) is 11.3. The van der Waals surface area contributed by atoms with Gasteiger partial charge in [-0.15, -0.1) is 0 Å². The maximum absolute atomic E-state index is 12.4. The molecular weight excluding hydrogens is 376 g/mol. The van der Waals surface area contributed by atoms with Gasteiger partial charge in [0.15, 0.2) is 0 Å². The maximum atomic E-state index is 12.4. The van der Waals surface area contributed by atoms with Crippen LogP contribution in [0.1, 0.15) is 19.8 Å². The second kappa shape index (κ2) is 10.1. The van der Waals surface area contributed by atoms with E-state index in [1.165, 1.54) is 18.4 Å². The molecule has 0 saturated carbocycles. The Balaban J connectivity index is 2.16. The summed E-state index contributed by atoms with van der Waals surface area (Å²) in [6.45, 7) is 2.88. The van der Waals surface area contributed by atoms with E-state index < -0.39 is 10.0 Å². The summed E-state index contributed by atoms with van der Waals surface area (Å²) >= 11 is 0. The SMILES string of the molecule is CCCCNc1ccc(S(=O)(=O)N(C)C)cc1NCC(=O)Nc1ccccc1. The molecule has 7 nitrogen and oxygen atoms in total. The Morgan fingerprint density at radius 1 is 1.00 bits per heavy atom. The van der Waals surface area contributed by atoms with E-state index in [4.69, 9.17) is 0 Å². The van der Waals surface area contributed by atoms with Crippen molar-refractivity contribution in [3.8, 4) is 0 Å². The average molecular weight is 405 g/mol. The number of anilines is 3.